The fourth-order valence-electron chi connectivity index (χ4n) is 3.72. The molecule has 0 amide bonds. The van der Waals surface area contributed by atoms with Crippen LogP contribution in [0.4, 0.5) is 22.7 Å². The molecule has 5 N–H and O–H groups in total. The summed E-state index contributed by atoms with van der Waals surface area (Å²) in [6, 6.07) is 13.3. The summed E-state index contributed by atoms with van der Waals surface area (Å²) in [6.45, 7) is 0.0793. The fraction of sp³-hybridized carbons (Fsp3) is 0. The molecule has 0 spiro atoms. The Morgan fingerprint density at radius 1 is 0.636 bits per heavy atom. The summed E-state index contributed by atoms with van der Waals surface area (Å²) in [5, 5.41) is 43.8. The van der Waals surface area contributed by atoms with Gasteiger partial charge in [0.25, 0.3) is 26.7 Å². The molecule has 0 radical (unpaired) electrons. The summed E-state index contributed by atoms with van der Waals surface area (Å²) >= 11 is 0. The van der Waals surface area contributed by atoms with Gasteiger partial charge in [0.1, 0.15) is 21.1 Å². The number of carboxylic acids is 1. The molecule has 4 aromatic rings. The average Bonchev–Trinajstić information content (AvgIpc) is 2.96. The maximum Gasteiger partial charge on any atom is 0.339 e. The number of carbonyl (C=O) groups is 2. The van der Waals surface area contributed by atoms with E-state index in [1.54, 1.807) is 0 Å². The van der Waals surface area contributed by atoms with Gasteiger partial charge in [-0.15, -0.1) is 0 Å². The lowest BCUT2D eigenvalue weighted by molar-refractivity contribution is -0.120. The van der Waals surface area contributed by atoms with Crippen LogP contribution in [0.1, 0.15) is 10.4 Å². The first-order chi connectivity index (χ1) is 20.7. The number of nitrogens with zero attached hydrogens (tertiary/aromatic N) is 4. The van der Waals surface area contributed by atoms with Gasteiger partial charge >= 0.3 is 5.97 Å². The van der Waals surface area contributed by atoms with E-state index in [1.807, 2.05) is 0 Å². The molecule has 0 atom stereocenters. The molecule has 0 saturated carbocycles. The maximum atomic E-state index is 12.3. The van der Waals surface area contributed by atoms with E-state index >= 15 is 0 Å². The topological polar surface area (TPSA) is 262 Å². The third kappa shape index (κ3) is 7.25. The lowest BCUT2D eigenvalue weighted by Crippen LogP contribution is -2.05. The molecule has 0 heterocycles. The number of aromatic hydroxyl groups is 2. The highest BCUT2D eigenvalue weighted by atomic mass is 32.2. The predicted octanol–water partition coefficient (Wildman–Crippen LogP) is 5.32. The molecule has 4 rings (SSSR count). The molecule has 4 aromatic carbocycles. The maximum absolute atomic E-state index is 12.3. The Labute approximate surface area is 247 Å². The first kappa shape index (κ1) is 31.4. The van der Waals surface area contributed by atoms with Crippen LogP contribution in [0.15, 0.2) is 103 Å². The summed E-state index contributed by atoms with van der Waals surface area (Å²) in [6.07, 6.45) is 0. The number of phenols is 2. The second-order valence-electron chi connectivity index (χ2n) is 8.58. The van der Waals surface area contributed by atoms with Crippen LogP contribution in [-0.2, 0) is 25.0 Å². The van der Waals surface area contributed by atoms with Gasteiger partial charge in [-0.3, -0.25) is 13.9 Å². The normalized spacial score (nSPS) is 12.0. The predicted molar refractivity (Wildman–Crippen MR) is 150 cm³/mol. The van der Waals surface area contributed by atoms with Gasteiger partial charge in [0, 0.05) is 17.2 Å². The highest BCUT2D eigenvalue weighted by Gasteiger charge is 2.24. The minimum Gasteiger partial charge on any atom is -0.507 e. The van der Waals surface area contributed by atoms with E-state index in [0.717, 1.165) is 48.5 Å². The molecular formula is C26H18N4O12S2. The molecule has 0 aliphatic carbocycles. The van der Waals surface area contributed by atoms with Crippen molar-refractivity contribution in [2.45, 2.75) is 9.79 Å². The lowest BCUT2D eigenvalue weighted by Gasteiger charge is -2.12. The van der Waals surface area contributed by atoms with Crippen LogP contribution in [0, 0.1) is 0 Å². The molecule has 0 saturated heterocycles. The summed E-state index contributed by atoms with van der Waals surface area (Å²) < 4.78 is 73.6. The fourth-order valence-corrected chi connectivity index (χ4v) is 5.17. The van der Waals surface area contributed by atoms with Crippen LogP contribution in [0.2, 0.25) is 0 Å². The number of phenolic OH excluding ortho intramolecular Hbond substituents is 1. The molecule has 0 aliphatic rings. The smallest absolute Gasteiger partial charge is 0.339 e. The van der Waals surface area contributed by atoms with Crippen molar-refractivity contribution >= 4 is 55.4 Å². The van der Waals surface area contributed by atoms with Crippen LogP contribution >= 0.6 is 0 Å². The lowest BCUT2D eigenvalue weighted by atomic mass is 10.0. The van der Waals surface area contributed by atoms with Crippen molar-refractivity contribution in [1.29, 1.82) is 0 Å². The van der Waals surface area contributed by atoms with Gasteiger partial charge in [-0.1, -0.05) is 12.1 Å². The van der Waals surface area contributed by atoms with Crippen LogP contribution in [-0.4, -0.2) is 53.7 Å². The number of benzene rings is 4. The number of carbonyl (C=O) groups excluding carboxylic acids is 1. The Morgan fingerprint density at radius 3 is 1.48 bits per heavy atom. The third-order valence-corrected chi connectivity index (χ3v) is 7.45. The van der Waals surface area contributed by atoms with Gasteiger partial charge in [0.15, 0.2) is 11.5 Å². The largest absolute Gasteiger partial charge is 0.507 e. The van der Waals surface area contributed by atoms with Crippen molar-refractivity contribution in [3.8, 4) is 28.4 Å². The molecule has 0 fully saturated rings. The zero-order valence-corrected chi connectivity index (χ0v) is 23.3. The van der Waals surface area contributed by atoms with E-state index in [-0.39, 0.29) is 51.8 Å². The van der Waals surface area contributed by atoms with Gasteiger partial charge < -0.3 is 20.1 Å². The van der Waals surface area contributed by atoms with Crippen LogP contribution in [0.5, 0.6) is 17.2 Å². The molecule has 0 bridgehead atoms. The van der Waals surface area contributed by atoms with E-state index in [1.165, 1.54) is 24.3 Å². The quantitative estimate of drug-likeness (QED) is 0.0835. The molecule has 0 unspecified atom stereocenters. The monoisotopic (exact) mass is 642 g/mol. The number of hydrogen-bond donors (Lipinski definition) is 5. The third-order valence-electron chi connectivity index (χ3n) is 5.67. The zero-order chi connectivity index (χ0) is 32.2. The molecular weight excluding hydrogens is 624 g/mol. The highest BCUT2D eigenvalue weighted by Crippen LogP contribution is 2.38. The molecule has 16 nitrogen and oxygen atoms in total. The molecule has 18 heteroatoms. The van der Waals surface area contributed by atoms with Crippen molar-refractivity contribution in [1.82, 2.24) is 0 Å². The van der Waals surface area contributed by atoms with Gasteiger partial charge in [-0.2, -0.15) is 37.3 Å². The van der Waals surface area contributed by atoms with Gasteiger partial charge in [0.05, 0.1) is 22.7 Å². The Kier molecular flexibility index (Phi) is 8.81. The Hall–Kier alpha value is -5.56. The van der Waals surface area contributed by atoms with Gasteiger partial charge in [0.2, 0.25) is 0 Å². The van der Waals surface area contributed by atoms with Crippen molar-refractivity contribution in [3.05, 3.63) is 78.4 Å². The van der Waals surface area contributed by atoms with E-state index < -0.39 is 47.3 Å². The van der Waals surface area contributed by atoms with Crippen LogP contribution < -0.4 is 4.74 Å². The number of hydrogen-bond acceptors (Lipinski definition) is 13. The minimum atomic E-state index is -5.03. The second-order valence-corrected chi connectivity index (χ2v) is 11.4. The molecule has 44 heavy (non-hydrogen) atoms. The molecule has 0 aliphatic heterocycles. The SMILES string of the molecule is O=COc1cc(/N=N/c2ccc(-c3ccc(/N=N/c4ccc(O)c(C(=O)O)c4)cc3S(=O)(=O)O)c(S(=O)(=O)O)c2)ccc1O. The Bertz CT molecular complexity index is 2080. The van der Waals surface area contributed by atoms with E-state index in [2.05, 4.69) is 25.2 Å². The van der Waals surface area contributed by atoms with E-state index in [0.29, 0.717) is 0 Å². The molecule has 226 valence electrons. The van der Waals surface area contributed by atoms with E-state index in [9.17, 15) is 45.7 Å². The first-order valence-electron chi connectivity index (χ1n) is 11.7. The van der Waals surface area contributed by atoms with E-state index in [4.69, 9.17) is 5.11 Å². The minimum absolute atomic E-state index is 0.0177. The Balaban J connectivity index is 1.76. The Morgan fingerprint density at radius 2 is 1.05 bits per heavy atom. The number of rotatable bonds is 10. The standard InChI is InChI=1S/C26H18N4O12S2/c31-13-42-23-10-15(4-8-22(23)33)28-30-17-2-6-19(25(12-17)44(39,40)41)18-5-1-16(11-24(18)43(36,37)38)29-27-14-3-7-21(32)20(9-14)26(34)35/h1-13,32-33H,(H,34,35)(H,36,37,38)(H,39,40,41)/b29-27+,30-28+. The highest BCUT2D eigenvalue weighted by molar-refractivity contribution is 7.86. The van der Waals surface area contributed by atoms with Crippen LogP contribution in [0.3, 0.4) is 0 Å². The first-order valence-corrected chi connectivity index (χ1v) is 14.6. The zero-order valence-electron chi connectivity index (χ0n) is 21.7. The number of aromatic carboxylic acids is 1. The van der Waals surface area contributed by atoms with Crippen molar-refractivity contribution in [2.75, 3.05) is 0 Å². The number of azo groups is 2. The summed E-state index contributed by atoms with van der Waals surface area (Å²) in [7, 11) is -10.1. The van der Waals surface area contributed by atoms with Crippen LogP contribution in [0.25, 0.3) is 11.1 Å². The van der Waals surface area contributed by atoms with Crippen molar-refractivity contribution in [3.63, 3.8) is 0 Å². The summed E-state index contributed by atoms with van der Waals surface area (Å²) in [5.41, 5.74) is -1.38. The summed E-state index contributed by atoms with van der Waals surface area (Å²) in [5.74, 6) is -2.53. The number of carboxylic acid groups (broad SMARTS) is 1. The second kappa shape index (κ2) is 12.4. The van der Waals surface area contributed by atoms with Gasteiger partial charge in [-0.05, 0) is 54.6 Å². The molecule has 0 aromatic heterocycles. The van der Waals surface area contributed by atoms with Gasteiger partial charge in [-0.25, -0.2) is 4.79 Å². The average molecular weight is 643 g/mol. The van der Waals surface area contributed by atoms with Crippen molar-refractivity contribution < 1.29 is 55.6 Å². The van der Waals surface area contributed by atoms with Crippen molar-refractivity contribution in [2.24, 2.45) is 20.5 Å². The number of ether oxygens (including phenoxy) is 1. The summed E-state index contributed by atoms with van der Waals surface area (Å²) in [4.78, 5) is 20.2.